The first-order valence-corrected chi connectivity index (χ1v) is 12.7. The average Bonchev–Trinajstić information content (AvgIpc) is 3.56. The van der Waals surface area contributed by atoms with Gasteiger partial charge in [-0.3, -0.25) is 14.8 Å². The molecule has 0 bridgehead atoms. The number of hydrogen-bond donors (Lipinski definition) is 1. The van der Waals surface area contributed by atoms with Crippen LogP contribution in [0.15, 0.2) is 41.1 Å². The van der Waals surface area contributed by atoms with Gasteiger partial charge < -0.3 is 14.0 Å². The first kappa shape index (κ1) is 23.4. The van der Waals surface area contributed by atoms with E-state index in [0.29, 0.717) is 34.0 Å². The van der Waals surface area contributed by atoms with Gasteiger partial charge in [-0.1, -0.05) is 23.7 Å². The van der Waals surface area contributed by atoms with Crippen molar-refractivity contribution in [2.24, 2.45) is 7.05 Å². The molecule has 1 aliphatic heterocycles. The molecule has 10 heteroatoms. The molecule has 6 rings (SSSR count). The van der Waals surface area contributed by atoms with Gasteiger partial charge in [0.05, 0.1) is 39.1 Å². The van der Waals surface area contributed by atoms with Crippen molar-refractivity contribution in [1.29, 1.82) is 0 Å². The minimum Gasteiger partial charge on any atom is -0.335 e. The molecule has 190 valence electrons. The summed E-state index contributed by atoms with van der Waals surface area (Å²) in [4.78, 5) is 25.7. The lowest BCUT2D eigenvalue weighted by molar-refractivity contribution is 0.102. The Labute approximate surface area is 214 Å². The van der Waals surface area contributed by atoms with Crippen molar-refractivity contribution < 1.29 is 9.32 Å². The smallest absolute Gasteiger partial charge is 0.259 e. The van der Waals surface area contributed by atoms with Gasteiger partial charge in [-0.05, 0) is 58.0 Å². The van der Waals surface area contributed by atoms with E-state index in [9.17, 15) is 4.79 Å². The third-order valence-electron chi connectivity index (χ3n) is 7.12. The Kier molecular flexibility index (Phi) is 5.96. The van der Waals surface area contributed by atoms with Gasteiger partial charge in [-0.2, -0.15) is 5.10 Å². The van der Waals surface area contributed by atoms with E-state index in [4.69, 9.17) is 9.51 Å². The molecule has 0 saturated carbocycles. The Morgan fingerprint density at radius 3 is 2.65 bits per heavy atom. The Hall–Kier alpha value is -4.05. The maximum Gasteiger partial charge on any atom is 0.259 e. The number of amides is 1. The van der Waals surface area contributed by atoms with Gasteiger partial charge in [-0.25, -0.2) is 9.97 Å². The van der Waals surface area contributed by atoms with Crippen LogP contribution in [-0.4, -0.2) is 59.9 Å². The van der Waals surface area contributed by atoms with Crippen LogP contribution in [0.1, 0.15) is 41.0 Å². The van der Waals surface area contributed by atoms with Gasteiger partial charge in [0, 0.05) is 31.9 Å². The molecule has 1 aliphatic rings. The van der Waals surface area contributed by atoms with E-state index < -0.39 is 0 Å². The topological polar surface area (TPSA) is 107 Å². The lowest BCUT2D eigenvalue weighted by Crippen LogP contribution is -2.32. The van der Waals surface area contributed by atoms with Crippen LogP contribution in [0.3, 0.4) is 0 Å². The van der Waals surface area contributed by atoms with E-state index in [-0.39, 0.29) is 5.91 Å². The van der Waals surface area contributed by atoms with E-state index in [1.54, 1.807) is 10.7 Å². The van der Waals surface area contributed by atoms with E-state index >= 15 is 0 Å². The molecule has 1 fully saturated rings. The molecule has 1 N–H and O–H groups in total. The summed E-state index contributed by atoms with van der Waals surface area (Å²) in [6.45, 7) is 7.62. The summed E-state index contributed by atoms with van der Waals surface area (Å²) in [7, 11) is 1.86. The number of hydrogen-bond acceptors (Lipinski definition) is 7. The zero-order valence-electron chi connectivity index (χ0n) is 21.4. The summed E-state index contributed by atoms with van der Waals surface area (Å²) in [5.74, 6) is 0.248. The number of para-hydroxylation sites is 2. The number of aromatic nitrogens is 6. The predicted octanol–water partition coefficient (Wildman–Crippen LogP) is 4.33. The number of aryl methyl sites for hydroxylation is 3. The number of anilines is 1. The fourth-order valence-corrected chi connectivity index (χ4v) is 5.25. The average molecular weight is 499 g/mol. The highest BCUT2D eigenvalue weighted by atomic mass is 16.5. The molecule has 1 saturated heterocycles. The lowest BCUT2D eigenvalue weighted by Gasteiger charge is -2.26. The number of pyridine rings is 1. The zero-order valence-corrected chi connectivity index (χ0v) is 21.4. The monoisotopic (exact) mass is 498 g/mol. The fraction of sp³-hybridized carbons (Fsp3) is 0.370. The number of likely N-dealkylation sites (tertiary alicyclic amines) is 1. The second kappa shape index (κ2) is 9.44. The van der Waals surface area contributed by atoms with Crippen LogP contribution in [-0.2, 0) is 13.6 Å². The molecule has 4 aromatic heterocycles. The summed E-state index contributed by atoms with van der Waals surface area (Å²) < 4.78 is 9.31. The minimum atomic E-state index is -0.281. The van der Waals surface area contributed by atoms with Gasteiger partial charge in [0.25, 0.3) is 11.6 Å². The third kappa shape index (κ3) is 4.37. The van der Waals surface area contributed by atoms with Crippen LogP contribution in [0.4, 0.5) is 5.95 Å². The maximum atomic E-state index is 13.8. The molecule has 10 nitrogen and oxygen atoms in total. The van der Waals surface area contributed by atoms with Gasteiger partial charge in [-0.15, -0.1) is 0 Å². The third-order valence-corrected chi connectivity index (χ3v) is 7.12. The molecule has 1 amide bonds. The molecule has 0 spiro atoms. The van der Waals surface area contributed by atoms with E-state index in [1.807, 2.05) is 51.4 Å². The van der Waals surface area contributed by atoms with Crippen molar-refractivity contribution >= 4 is 34.0 Å². The Bertz CT molecular complexity index is 1610. The van der Waals surface area contributed by atoms with Gasteiger partial charge >= 0.3 is 0 Å². The highest BCUT2D eigenvalue weighted by molar-refractivity contribution is 6.12. The summed E-state index contributed by atoms with van der Waals surface area (Å²) in [5.41, 5.74) is 5.49. The number of fused-ring (bicyclic) bond motifs is 2. The molecule has 1 aromatic carbocycles. The van der Waals surface area contributed by atoms with Crippen molar-refractivity contribution in [3.05, 3.63) is 53.5 Å². The number of nitrogens with one attached hydrogen (secondary N) is 1. The van der Waals surface area contributed by atoms with Crippen LogP contribution < -0.4 is 5.32 Å². The molecular weight excluding hydrogens is 468 g/mol. The van der Waals surface area contributed by atoms with Gasteiger partial charge in [0.1, 0.15) is 0 Å². The number of carbonyl (C=O) groups excluding carboxylic acids is 1. The number of piperidine rings is 1. The number of benzene rings is 1. The van der Waals surface area contributed by atoms with Gasteiger partial charge in [0.15, 0.2) is 0 Å². The highest BCUT2D eigenvalue weighted by Gasteiger charge is 2.23. The zero-order chi connectivity index (χ0) is 25.5. The number of imidazole rings is 1. The largest absolute Gasteiger partial charge is 0.335 e. The molecule has 0 atom stereocenters. The van der Waals surface area contributed by atoms with Crippen LogP contribution in [0.25, 0.3) is 33.4 Å². The Morgan fingerprint density at radius 2 is 1.86 bits per heavy atom. The Balaban J connectivity index is 1.37. The van der Waals surface area contributed by atoms with Gasteiger partial charge in [0.2, 0.25) is 5.95 Å². The highest BCUT2D eigenvalue weighted by Crippen LogP contribution is 2.29. The second-order valence-corrected chi connectivity index (χ2v) is 9.74. The van der Waals surface area contributed by atoms with Crippen molar-refractivity contribution in [3.8, 4) is 11.3 Å². The van der Waals surface area contributed by atoms with Crippen molar-refractivity contribution in [3.63, 3.8) is 0 Å². The lowest BCUT2D eigenvalue weighted by atomic mass is 10.1. The minimum absolute atomic E-state index is 0.281. The van der Waals surface area contributed by atoms with Crippen LogP contribution >= 0.6 is 0 Å². The van der Waals surface area contributed by atoms with Crippen LogP contribution in [0.2, 0.25) is 0 Å². The quantitative estimate of drug-likeness (QED) is 0.371. The fourth-order valence-electron chi connectivity index (χ4n) is 5.25. The number of carbonyl (C=O) groups is 1. The standard InChI is InChI=1S/C27H30N8O2/c1-17-20(16-33(3)31-17)22-15-19(24-18(2)32-37-26(24)28-22)25(36)30-27-29-21-9-5-6-10-23(21)35(27)14-13-34-11-7-4-8-12-34/h5-6,9-10,15-16H,4,7-8,11-14H2,1-3H3,(H,29,30,36). The maximum absolute atomic E-state index is 13.8. The number of rotatable bonds is 6. The summed E-state index contributed by atoms with van der Waals surface area (Å²) >= 11 is 0. The molecule has 0 radical (unpaired) electrons. The summed E-state index contributed by atoms with van der Waals surface area (Å²) in [6, 6.07) is 9.77. The molecule has 5 aromatic rings. The second-order valence-electron chi connectivity index (χ2n) is 9.74. The Morgan fingerprint density at radius 1 is 1.05 bits per heavy atom. The molecule has 37 heavy (non-hydrogen) atoms. The number of nitrogens with zero attached hydrogens (tertiary/aromatic N) is 7. The first-order valence-electron chi connectivity index (χ1n) is 12.7. The van der Waals surface area contributed by atoms with Crippen LogP contribution in [0, 0.1) is 13.8 Å². The van der Waals surface area contributed by atoms with E-state index in [1.165, 1.54) is 19.3 Å². The molecule has 5 heterocycles. The normalized spacial score (nSPS) is 14.6. The summed E-state index contributed by atoms with van der Waals surface area (Å²) in [5, 5.41) is 12.2. The van der Waals surface area contributed by atoms with E-state index in [2.05, 4.69) is 30.0 Å². The van der Waals surface area contributed by atoms with E-state index in [0.717, 1.165) is 48.5 Å². The predicted molar refractivity (Wildman–Crippen MR) is 141 cm³/mol. The molecular formula is C27H30N8O2. The molecule has 0 unspecified atom stereocenters. The van der Waals surface area contributed by atoms with Crippen molar-refractivity contribution in [1.82, 2.24) is 34.4 Å². The van der Waals surface area contributed by atoms with Crippen LogP contribution in [0.5, 0.6) is 0 Å². The SMILES string of the molecule is Cc1nn(C)cc1-c1cc(C(=O)Nc2nc3ccccc3n2CCN2CCCCC2)c2c(C)noc2n1. The van der Waals surface area contributed by atoms with Crippen molar-refractivity contribution in [2.45, 2.75) is 39.7 Å². The first-order chi connectivity index (χ1) is 18.0. The molecule has 0 aliphatic carbocycles. The summed E-state index contributed by atoms with van der Waals surface area (Å²) in [6.07, 6.45) is 5.66. The van der Waals surface area contributed by atoms with Crippen molar-refractivity contribution in [2.75, 3.05) is 25.0 Å².